The predicted octanol–water partition coefficient (Wildman–Crippen LogP) is 4.85. The summed E-state index contributed by atoms with van der Waals surface area (Å²) in [6, 6.07) is 13.7. The highest BCUT2D eigenvalue weighted by Gasteiger charge is 2.25. The third kappa shape index (κ3) is 4.13. The molecule has 0 heterocycles. The van der Waals surface area contributed by atoms with Crippen molar-refractivity contribution in [2.75, 3.05) is 0 Å². The van der Waals surface area contributed by atoms with Gasteiger partial charge in [-0.05, 0) is 41.8 Å². The first-order chi connectivity index (χ1) is 9.36. The lowest BCUT2D eigenvalue weighted by atomic mass is 10.0. The summed E-state index contributed by atoms with van der Waals surface area (Å²) < 4.78 is 23.6. The van der Waals surface area contributed by atoms with Crippen molar-refractivity contribution in [1.82, 2.24) is 0 Å². The third-order valence-electron chi connectivity index (χ3n) is 2.87. The van der Waals surface area contributed by atoms with E-state index in [1.54, 1.807) is 42.5 Å². The van der Waals surface area contributed by atoms with E-state index in [9.17, 15) is 8.42 Å². The highest BCUT2D eigenvalue weighted by Crippen LogP contribution is 2.31. The molecule has 0 aliphatic rings. The van der Waals surface area contributed by atoms with Crippen LogP contribution in [-0.2, 0) is 15.5 Å². The van der Waals surface area contributed by atoms with Crippen molar-refractivity contribution < 1.29 is 8.42 Å². The molecule has 0 N–H and O–H groups in total. The van der Waals surface area contributed by atoms with Crippen LogP contribution in [0.2, 0.25) is 10.0 Å². The molecule has 0 aliphatic heterocycles. The smallest absolute Gasteiger partial charge is 0.212 e. The monoisotopic (exact) mass is 348 g/mol. The Labute approximate surface area is 132 Å². The molecular weight excluding hydrogens is 339 g/mol. The topological polar surface area (TPSA) is 34.1 Å². The minimum Gasteiger partial charge on any atom is -0.212 e. The van der Waals surface area contributed by atoms with Gasteiger partial charge in [0.2, 0.25) is 9.05 Å². The average molecular weight is 350 g/mol. The number of rotatable bonds is 4. The number of halogens is 3. The zero-order valence-corrected chi connectivity index (χ0v) is 13.3. The predicted molar refractivity (Wildman–Crippen MR) is 84.1 cm³/mol. The van der Waals surface area contributed by atoms with Crippen LogP contribution in [0.1, 0.15) is 16.4 Å². The fourth-order valence-electron chi connectivity index (χ4n) is 1.96. The van der Waals surface area contributed by atoms with Crippen LogP contribution in [0.4, 0.5) is 0 Å². The largest absolute Gasteiger partial charge is 0.239 e. The van der Waals surface area contributed by atoms with Crippen molar-refractivity contribution in [2.45, 2.75) is 11.7 Å². The van der Waals surface area contributed by atoms with Gasteiger partial charge in [-0.3, -0.25) is 0 Å². The van der Waals surface area contributed by atoms with Crippen molar-refractivity contribution in [2.24, 2.45) is 0 Å². The Morgan fingerprint density at radius 2 is 1.55 bits per heavy atom. The van der Waals surface area contributed by atoms with Crippen LogP contribution in [0.25, 0.3) is 0 Å². The molecule has 0 radical (unpaired) electrons. The van der Waals surface area contributed by atoms with Gasteiger partial charge in [0.1, 0.15) is 5.25 Å². The van der Waals surface area contributed by atoms with Crippen molar-refractivity contribution >= 4 is 42.9 Å². The lowest BCUT2D eigenvalue weighted by Crippen LogP contribution is -2.10. The third-order valence-corrected chi connectivity index (χ3v) is 5.10. The van der Waals surface area contributed by atoms with Crippen molar-refractivity contribution in [3.05, 3.63) is 69.7 Å². The van der Waals surface area contributed by atoms with Crippen LogP contribution in [0.3, 0.4) is 0 Å². The first-order valence-corrected chi connectivity index (χ1v) is 8.92. The Balaban J connectivity index is 2.40. The second-order valence-electron chi connectivity index (χ2n) is 4.35. The quantitative estimate of drug-likeness (QED) is 0.740. The molecule has 0 aromatic heterocycles. The van der Waals surface area contributed by atoms with E-state index in [4.69, 9.17) is 33.9 Å². The van der Waals surface area contributed by atoms with E-state index in [0.29, 0.717) is 15.6 Å². The summed E-state index contributed by atoms with van der Waals surface area (Å²) in [5.41, 5.74) is 1.36. The molecule has 0 saturated heterocycles. The molecule has 2 aromatic rings. The number of hydrogen-bond acceptors (Lipinski definition) is 2. The molecule has 0 amide bonds. The fourth-order valence-corrected chi connectivity index (χ4v) is 3.74. The first-order valence-electron chi connectivity index (χ1n) is 5.79. The van der Waals surface area contributed by atoms with Crippen LogP contribution >= 0.6 is 33.9 Å². The Morgan fingerprint density at radius 3 is 2.10 bits per heavy atom. The second kappa shape index (κ2) is 6.35. The highest BCUT2D eigenvalue weighted by atomic mass is 35.7. The molecule has 0 bridgehead atoms. The van der Waals surface area contributed by atoms with Gasteiger partial charge < -0.3 is 0 Å². The molecule has 2 aromatic carbocycles. The molecule has 0 spiro atoms. The van der Waals surface area contributed by atoms with E-state index >= 15 is 0 Å². The Morgan fingerprint density at radius 1 is 0.950 bits per heavy atom. The molecule has 106 valence electrons. The molecular formula is C14H11Cl3O2S. The molecule has 6 heteroatoms. The molecule has 20 heavy (non-hydrogen) atoms. The van der Waals surface area contributed by atoms with E-state index in [1.165, 1.54) is 0 Å². The van der Waals surface area contributed by atoms with Crippen molar-refractivity contribution in [3.63, 3.8) is 0 Å². The molecule has 1 atom stereocenters. The molecule has 0 fully saturated rings. The van der Waals surface area contributed by atoms with Gasteiger partial charge in [0.05, 0.1) is 0 Å². The van der Waals surface area contributed by atoms with Gasteiger partial charge in [-0.25, -0.2) is 8.42 Å². The molecule has 2 rings (SSSR count). The maximum absolute atomic E-state index is 11.8. The van der Waals surface area contributed by atoms with E-state index in [2.05, 4.69) is 0 Å². The number of benzene rings is 2. The van der Waals surface area contributed by atoms with Crippen LogP contribution in [0, 0.1) is 0 Å². The van der Waals surface area contributed by atoms with Gasteiger partial charge in [-0.15, -0.1) is 0 Å². The minimum atomic E-state index is -3.78. The Hall–Kier alpha value is -0.740. The summed E-state index contributed by atoms with van der Waals surface area (Å²) in [4.78, 5) is 0. The molecule has 0 saturated carbocycles. The summed E-state index contributed by atoms with van der Waals surface area (Å²) in [6.45, 7) is 0. The molecule has 2 nitrogen and oxygen atoms in total. The summed E-state index contributed by atoms with van der Waals surface area (Å²) in [5.74, 6) is 0. The van der Waals surface area contributed by atoms with Crippen LogP contribution in [-0.4, -0.2) is 8.42 Å². The maximum atomic E-state index is 11.8. The van der Waals surface area contributed by atoms with E-state index in [1.807, 2.05) is 6.07 Å². The van der Waals surface area contributed by atoms with Gasteiger partial charge in [-0.1, -0.05) is 47.5 Å². The van der Waals surface area contributed by atoms with E-state index in [0.717, 1.165) is 5.56 Å². The highest BCUT2D eigenvalue weighted by molar-refractivity contribution is 8.13. The average Bonchev–Trinajstić information content (AvgIpc) is 2.34. The summed E-state index contributed by atoms with van der Waals surface area (Å²) in [7, 11) is 1.80. The summed E-state index contributed by atoms with van der Waals surface area (Å²) in [6.07, 6.45) is 0.243. The fraction of sp³-hybridized carbons (Fsp3) is 0.143. The first kappa shape index (κ1) is 15.6. The van der Waals surface area contributed by atoms with Crippen molar-refractivity contribution in [1.29, 1.82) is 0 Å². The van der Waals surface area contributed by atoms with Gasteiger partial charge in [-0.2, -0.15) is 0 Å². The summed E-state index contributed by atoms with van der Waals surface area (Å²) in [5, 5.41) is 0.166. The van der Waals surface area contributed by atoms with Crippen molar-refractivity contribution in [3.8, 4) is 0 Å². The minimum absolute atomic E-state index is 0.243. The normalized spacial score (nSPS) is 13.2. The summed E-state index contributed by atoms with van der Waals surface area (Å²) >= 11 is 11.8. The molecule has 0 aliphatic carbocycles. The Kier molecular flexibility index (Phi) is 4.97. The Bertz CT molecular complexity index is 714. The van der Waals surface area contributed by atoms with Crippen LogP contribution < -0.4 is 0 Å². The van der Waals surface area contributed by atoms with Gasteiger partial charge in [0, 0.05) is 20.7 Å². The van der Waals surface area contributed by atoms with Gasteiger partial charge in [0.15, 0.2) is 0 Å². The molecule has 1 unspecified atom stereocenters. The lowest BCUT2D eigenvalue weighted by Gasteiger charge is -2.14. The van der Waals surface area contributed by atoms with Crippen LogP contribution in [0.15, 0.2) is 48.5 Å². The second-order valence-corrected chi connectivity index (χ2v) is 8.04. The lowest BCUT2D eigenvalue weighted by molar-refractivity contribution is 0.595. The standard InChI is InChI=1S/C14H11Cl3O2S/c15-12-5-1-3-10(7-12)8-14(20(17,18)19)11-4-2-6-13(16)9-11/h1-7,9,14H,8H2. The van der Waals surface area contributed by atoms with Gasteiger partial charge in [0.25, 0.3) is 0 Å². The SMILES string of the molecule is O=S(=O)(Cl)C(Cc1cccc(Cl)c1)c1cccc(Cl)c1. The maximum Gasteiger partial charge on any atom is 0.239 e. The zero-order valence-electron chi connectivity index (χ0n) is 10.3. The van der Waals surface area contributed by atoms with E-state index < -0.39 is 14.3 Å². The van der Waals surface area contributed by atoms with E-state index in [-0.39, 0.29) is 6.42 Å². The van der Waals surface area contributed by atoms with Crippen LogP contribution in [0.5, 0.6) is 0 Å². The zero-order chi connectivity index (χ0) is 14.8. The number of hydrogen-bond donors (Lipinski definition) is 0. The van der Waals surface area contributed by atoms with Gasteiger partial charge >= 0.3 is 0 Å².